The average molecular weight is 669 g/mol. The van der Waals surface area contributed by atoms with E-state index in [0.29, 0.717) is 30.5 Å². The highest BCUT2D eigenvalue weighted by atomic mass is 79.9. The summed E-state index contributed by atoms with van der Waals surface area (Å²) in [5.41, 5.74) is 0.842. The largest absolute Gasteiger partial charge is 0.493 e. The van der Waals surface area contributed by atoms with E-state index in [1.807, 2.05) is 20.8 Å². The number of amidine groups is 1. The van der Waals surface area contributed by atoms with Gasteiger partial charge < -0.3 is 34.3 Å². The van der Waals surface area contributed by atoms with E-state index in [4.69, 9.17) is 24.4 Å². The van der Waals surface area contributed by atoms with Crippen molar-refractivity contribution in [3.63, 3.8) is 0 Å². The second-order valence-electron chi connectivity index (χ2n) is 10.9. The maximum atomic E-state index is 15.2. The molecule has 0 aliphatic carbocycles. The second-order valence-corrected chi connectivity index (χ2v) is 10.9. The zero-order valence-corrected chi connectivity index (χ0v) is 26.9. The Labute approximate surface area is 260 Å². The number of carbonyl (C=O) groups excluding carboxylic acids is 2. The molecule has 1 aliphatic heterocycles. The van der Waals surface area contributed by atoms with Gasteiger partial charge in [-0.3, -0.25) is 15.0 Å². The van der Waals surface area contributed by atoms with Crippen LogP contribution in [-0.2, 0) is 21.5 Å². The number of halogens is 2. The third kappa shape index (κ3) is 8.59. The van der Waals surface area contributed by atoms with E-state index in [9.17, 15) is 19.5 Å². The van der Waals surface area contributed by atoms with Crippen LogP contribution in [0.25, 0.3) is 0 Å². The molecule has 0 bridgehead atoms. The molecule has 0 atom stereocenters. The molecule has 0 saturated heterocycles. The normalized spacial score (nSPS) is 12.3. The molecule has 1 amide bonds. The van der Waals surface area contributed by atoms with Crippen molar-refractivity contribution in [2.24, 2.45) is 0 Å². The molecule has 0 radical (unpaired) electrons. The summed E-state index contributed by atoms with van der Waals surface area (Å²) in [4.78, 5) is 37.5. The van der Waals surface area contributed by atoms with Crippen molar-refractivity contribution in [2.75, 3.05) is 40.5 Å². The number of aliphatic carboxylic acids is 1. The van der Waals surface area contributed by atoms with E-state index in [0.717, 1.165) is 0 Å². The maximum absolute atomic E-state index is 15.2. The van der Waals surface area contributed by atoms with Crippen LogP contribution in [0.1, 0.15) is 67.6 Å². The molecule has 236 valence electrons. The number of carbonyl (C=O) groups is 3. The van der Waals surface area contributed by atoms with E-state index in [1.165, 1.54) is 32.1 Å². The van der Waals surface area contributed by atoms with Gasteiger partial charge in [0.25, 0.3) is 0 Å². The molecule has 3 N–H and O–H groups in total. The SMILES string of the molecule is Br.COc1cc2c(c(F)c1OC)C(=N)N(CC(=O)c1cc(OCCCCNC(C)=O)c(OCC(=O)O)c(C(C)(C)C)c1)C2. The van der Waals surface area contributed by atoms with Crippen molar-refractivity contribution in [3.8, 4) is 23.0 Å². The van der Waals surface area contributed by atoms with Gasteiger partial charge >= 0.3 is 5.97 Å². The minimum atomic E-state index is -1.16. The Morgan fingerprint density at radius 2 is 1.74 bits per heavy atom. The van der Waals surface area contributed by atoms with Crippen molar-refractivity contribution in [3.05, 3.63) is 46.3 Å². The Kier molecular flexibility index (Phi) is 12.4. The Bertz CT molecular complexity index is 1380. The first kappa shape index (κ1) is 35.3. The van der Waals surface area contributed by atoms with Crippen molar-refractivity contribution < 1.29 is 42.8 Å². The number of Topliss-reactive ketones (excluding diaryl/α,β-unsaturated/α-hetero) is 1. The number of hydrogen-bond donors (Lipinski definition) is 3. The molecule has 0 spiro atoms. The summed E-state index contributed by atoms with van der Waals surface area (Å²) in [6.45, 7) is 7.16. The monoisotopic (exact) mass is 667 g/mol. The Morgan fingerprint density at radius 3 is 2.33 bits per heavy atom. The summed E-state index contributed by atoms with van der Waals surface area (Å²) in [7, 11) is 2.71. The number of ether oxygens (including phenoxy) is 4. The van der Waals surface area contributed by atoms with Crippen LogP contribution in [0.3, 0.4) is 0 Å². The smallest absolute Gasteiger partial charge is 0.341 e. The van der Waals surface area contributed by atoms with E-state index in [-0.39, 0.29) is 88.3 Å². The second kappa shape index (κ2) is 15.0. The zero-order valence-electron chi connectivity index (χ0n) is 25.2. The summed E-state index contributed by atoms with van der Waals surface area (Å²) in [6.07, 6.45) is 1.24. The van der Waals surface area contributed by atoms with Gasteiger partial charge in [-0.15, -0.1) is 17.0 Å². The maximum Gasteiger partial charge on any atom is 0.341 e. The lowest BCUT2D eigenvalue weighted by atomic mass is 9.84. The number of nitrogens with one attached hydrogen (secondary N) is 2. The van der Waals surface area contributed by atoms with Gasteiger partial charge in [-0.05, 0) is 42.0 Å². The fourth-order valence-electron chi connectivity index (χ4n) is 4.61. The molecule has 2 aromatic carbocycles. The summed E-state index contributed by atoms with van der Waals surface area (Å²) >= 11 is 0. The molecule has 0 aromatic heterocycles. The topological polar surface area (TPSA) is 147 Å². The Hall–Kier alpha value is -3.87. The van der Waals surface area contributed by atoms with Crippen LogP contribution in [0.5, 0.6) is 23.0 Å². The van der Waals surface area contributed by atoms with E-state index in [1.54, 1.807) is 12.1 Å². The third-order valence-electron chi connectivity index (χ3n) is 6.67. The van der Waals surface area contributed by atoms with Crippen LogP contribution in [0.2, 0.25) is 0 Å². The van der Waals surface area contributed by atoms with Gasteiger partial charge in [-0.25, -0.2) is 9.18 Å². The first-order valence-electron chi connectivity index (χ1n) is 13.5. The molecule has 43 heavy (non-hydrogen) atoms. The molecule has 0 fully saturated rings. The fourth-order valence-corrected chi connectivity index (χ4v) is 4.61. The van der Waals surface area contributed by atoms with Crippen molar-refractivity contribution >= 4 is 40.5 Å². The van der Waals surface area contributed by atoms with Gasteiger partial charge in [0.15, 0.2) is 41.2 Å². The zero-order chi connectivity index (χ0) is 31.2. The van der Waals surface area contributed by atoms with Gasteiger partial charge in [-0.1, -0.05) is 20.8 Å². The third-order valence-corrected chi connectivity index (χ3v) is 6.67. The minimum Gasteiger partial charge on any atom is -0.493 e. The Balaban J connectivity index is 0.00000645. The first-order chi connectivity index (χ1) is 19.8. The number of benzene rings is 2. The molecule has 11 nitrogen and oxygen atoms in total. The van der Waals surface area contributed by atoms with Crippen LogP contribution in [-0.4, -0.2) is 74.0 Å². The molecule has 13 heteroatoms. The molecule has 0 unspecified atom stereocenters. The predicted molar refractivity (Wildman–Crippen MR) is 163 cm³/mol. The number of carboxylic acids is 1. The van der Waals surface area contributed by atoms with Crippen LogP contribution in [0, 0.1) is 11.2 Å². The number of rotatable bonds is 14. The van der Waals surface area contributed by atoms with Gasteiger partial charge in [0.05, 0.1) is 32.9 Å². The first-order valence-corrected chi connectivity index (χ1v) is 13.5. The van der Waals surface area contributed by atoms with E-state index >= 15 is 4.39 Å². The highest BCUT2D eigenvalue weighted by Gasteiger charge is 2.33. The van der Waals surface area contributed by atoms with Crippen molar-refractivity contribution in [2.45, 2.75) is 52.5 Å². The number of methoxy groups -OCH3 is 2. The van der Waals surface area contributed by atoms with Gasteiger partial charge in [0, 0.05) is 31.1 Å². The number of hydrogen-bond acceptors (Lipinski definition) is 8. The summed E-state index contributed by atoms with van der Waals surface area (Å²) in [5, 5.41) is 20.5. The molecule has 1 heterocycles. The van der Waals surface area contributed by atoms with Gasteiger partial charge in [0.2, 0.25) is 5.91 Å². The van der Waals surface area contributed by atoms with E-state index < -0.39 is 23.8 Å². The van der Waals surface area contributed by atoms with Crippen LogP contribution >= 0.6 is 17.0 Å². The van der Waals surface area contributed by atoms with E-state index in [2.05, 4.69) is 5.32 Å². The van der Waals surface area contributed by atoms with Gasteiger partial charge in [0.1, 0.15) is 5.84 Å². The Morgan fingerprint density at radius 1 is 1.05 bits per heavy atom. The lowest BCUT2D eigenvalue weighted by Gasteiger charge is -2.26. The molecule has 2 aromatic rings. The number of unbranched alkanes of at least 4 members (excludes halogenated alkanes) is 1. The summed E-state index contributed by atoms with van der Waals surface area (Å²) < 4.78 is 37.2. The van der Waals surface area contributed by atoms with Gasteiger partial charge in [-0.2, -0.15) is 0 Å². The minimum absolute atomic E-state index is 0. The van der Waals surface area contributed by atoms with Crippen molar-refractivity contribution in [1.82, 2.24) is 10.2 Å². The lowest BCUT2D eigenvalue weighted by Crippen LogP contribution is -2.30. The quantitative estimate of drug-likeness (QED) is 0.196. The summed E-state index contributed by atoms with van der Waals surface area (Å²) in [5.74, 6) is -1.99. The fraction of sp³-hybridized carbons (Fsp3) is 0.467. The molecular weight excluding hydrogens is 629 g/mol. The van der Waals surface area contributed by atoms with Crippen LogP contribution in [0.4, 0.5) is 4.39 Å². The number of nitrogens with zero attached hydrogens (tertiary/aromatic N) is 1. The lowest BCUT2D eigenvalue weighted by molar-refractivity contribution is -0.139. The molecule has 3 rings (SSSR count). The molecule has 1 aliphatic rings. The average Bonchev–Trinajstić information content (AvgIpc) is 3.22. The highest BCUT2D eigenvalue weighted by Crippen LogP contribution is 2.41. The van der Waals surface area contributed by atoms with Crippen molar-refractivity contribution in [1.29, 1.82) is 5.41 Å². The summed E-state index contributed by atoms with van der Waals surface area (Å²) in [6, 6.07) is 4.74. The predicted octanol–water partition coefficient (Wildman–Crippen LogP) is 4.50. The standard InChI is InChI=1S/C30H38FN3O8.BrH/c1-17(35)33-9-7-8-10-41-23-12-18(11-20(30(2,3)4)27(23)42-16-24(37)38)21(36)15-34-14-19-13-22(39-5)28(40-6)26(31)25(19)29(34)32;/h11-13,32H,7-10,14-16H2,1-6H3,(H,33,35)(H,37,38);1H. The molecule has 0 saturated carbocycles. The highest BCUT2D eigenvalue weighted by molar-refractivity contribution is 8.93. The number of carboxylic acid groups (broad SMARTS) is 1. The number of fused-ring (bicyclic) bond motifs is 1. The number of amides is 1. The van der Waals surface area contributed by atoms with Crippen LogP contribution < -0.4 is 24.3 Å². The molecular formula is C30H39BrFN3O8. The number of ketones is 1. The van der Waals surface area contributed by atoms with Crippen LogP contribution in [0.15, 0.2) is 18.2 Å².